The maximum Gasteiger partial charge on any atom is 0.237 e. The minimum absolute atomic E-state index is 0.0131. The van der Waals surface area contributed by atoms with E-state index in [4.69, 9.17) is 4.74 Å². The van der Waals surface area contributed by atoms with Crippen LogP contribution in [0.2, 0.25) is 0 Å². The molecule has 2 fully saturated rings. The third-order valence-corrected chi connectivity index (χ3v) is 4.08. The number of nitrogens with one attached hydrogen (secondary N) is 2. The topological polar surface area (TPSA) is 53.6 Å². The number of carbonyl (C=O) groups excluding carboxylic acids is 1. The molecule has 2 aliphatic heterocycles. The molecule has 0 spiro atoms. The second-order valence-electron chi connectivity index (χ2n) is 5.87. The molecule has 5 heteroatoms. The number of amides is 1. The molecule has 5 nitrogen and oxygen atoms in total. The third-order valence-electron chi connectivity index (χ3n) is 4.08. The van der Waals surface area contributed by atoms with Crippen LogP contribution in [0.15, 0.2) is 0 Å². The predicted octanol–water partition coefficient (Wildman–Crippen LogP) is 0.211. The molecule has 3 unspecified atom stereocenters. The number of carbonyl (C=O) groups is 1. The van der Waals surface area contributed by atoms with Gasteiger partial charge in [0.15, 0.2) is 0 Å². The lowest BCUT2D eigenvalue weighted by atomic mass is 9.92. The van der Waals surface area contributed by atoms with Crippen molar-refractivity contribution in [2.45, 2.75) is 38.8 Å². The van der Waals surface area contributed by atoms with Crippen molar-refractivity contribution in [2.75, 3.05) is 39.4 Å². The van der Waals surface area contributed by atoms with Gasteiger partial charge in [-0.3, -0.25) is 9.69 Å². The van der Waals surface area contributed by atoms with Gasteiger partial charge in [0, 0.05) is 25.7 Å². The summed E-state index contributed by atoms with van der Waals surface area (Å²) < 4.78 is 5.33. The Morgan fingerprint density at radius 3 is 2.89 bits per heavy atom. The molecule has 0 radical (unpaired) electrons. The summed E-state index contributed by atoms with van der Waals surface area (Å²) >= 11 is 0. The molecular formula is C14H27N3O2. The van der Waals surface area contributed by atoms with E-state index in [-0.39, 0.29) is 18.0 Å². The van der Waals surface area contributed by atoms with Crippen LogP contribution in [-0.2, 0) is 9.53 Å². The number of rotatable bonds is 4. The molecule has 2 rings (SSSR count). The van der Waals surface area contributed by atoms with Crippen molar-refractivity contribution in [1.82, 2.24) is 15.5 Å². The van der Waals surface area contributed by atoms with E-state index in [0.29, 0.717) is 5.92 Å². The van der Waals surface area contributed by atoms with Crippen molar-refractivity contribution in [3.8, 4) is 0 Å². The van der Waals surface area contributed by atoms with E-state index in [0.717, 1.165) is 45.8 Å². The van der Waals surface area contributed by atoms with Crippen LogP contribution in [0.25, 0.3) is 0 Å². The highest BCUT2D eigenvalue weighted by Crippen LogP contribution is 2.15. The Morgan fingerprint density at radius 2 is 2.21 bits per heavy atom. The zero-order valence-corrected chi connectivity index (χ0v) is 12.2. The van der Waals surface area contributed by atoms with Crippen LogP contribution in [0, 0.1) is 5.92 Å². The van der Waals surface area contributed by atoms with E-state index in [1.54, 1.807) is 0 Å². The molecule has 3 atom stereocenters. The molecule has 19 heavy (non-hydrogen) atoms. The van der Waals surface area contributed by atoms with Crippen molar-refractivity contribution in [2.24, 2.45) is 5.92 Å². The zero-order chi connectivity index (χ0) is 13.7. The van der Waals surface area contributed by atoms with Gasteiger partial charge >= 0.3 is 0 Å². The summed E-state index contributed by atoms with van der Waals surface area (Å²) in [4.78, 5) is 14.6. The van der Waals surface area contributed by atoms with Gasteiger partial charge in [-0.2, -0.15) is 0 Å². The average Bonchev–Trinajstić information content (AvgIpc) is 2.40. The summed E-state index contributed by atoms with van der Waals surface area (Å²) in [6.07, 6.45) is 2.32. The molecule has 2 aliphatic rings. The number of hydrogen-bond donors (Lipinski definition) is 2. The van der Waals surface area contributed by atoms with E-state index in [1.807, 2.05) is 0 Å². The number of piperidine rings is 1. The second kappa shape index (κ2) is 7.22. The van der Waals surface area contributed by atoms with E-state index in [2.05, 4.69) is 29.4 Å². The smallest absolute Gasteiger partial charge is 0.237 e. The van der Waals surface area contributed by atoms with Crippen LogP contribution in [0.4, 0.5) is 0 Å². The molecule has 0 saturated carbocycles. The second-order valence-corrected chi connectivity index (χ2v) is 5.87. The van der Waals surface area contributed by atoms with Crippen LogP contribution in [0.5, 0.6) is 0 Å². The minimum atomic E-state index is -0.0131. The van der Waals surface area contributed by atoms with Crippen molar-refractivity contribution < 1.29 is 9.53 Å². The summed E-state index contributed by atoms with van der Waals surface area (Å²) in [6, 6.07) is 0.183. The fourth-order valence-electron chi connectivity index (χ4n) is 2.95. The maximum absolute atomic E-state index is 12.2. The molecule has 1 amide bonds. The summed E-state index contributed by atoms with van der Waals surface area (Å²) in [5.41, 5.74) is 0. The van der Waals surface area contributed by atoms with Crippen molar-refractivity contribution >= 4 is 5.91 Å². The van der Waals surface area contributed by atoms with E-state index in [9.17, 15) is 4.79 Å². The van der Waals surface area contributed by atoms with Gasteiger partial charge in [-0.15, -0.1) is 0 Å². The maximum atomic E-state index is 12.2. The first-order chi connectivity index (χ1) is 9.16. The molecule has 0 aromatic carbocycles. The van der Waals surface area contributed by atoms with E-state index >= 15 is 0 Å². The first kappa shape index (κ1) is 14.8. The van der Waals surface area contributed by atoms with Gasteiger partial charge in [-0.25, -0.2) is 0 Å². The number of ether oxygens (including phenoxy) is 1. The standard InChI is InChI=1S/C14H27N3O2/c1-11-4-3-5-15-13(11)14(18)16-12(2)10-17-6-8-19-9-7-17/h11-13,15H,3-10H2,1-2H3,(H,16,18). The van der Waals surface area contributed by atoms with Gasteiger partial charge in [0.25, 0.3) is 0 Å². The Labute approximate surface area is 116 Å². The highest BCUT2D eigenvalue weighted by Gasteiger charge is 2.28. The van der Waals surface area contributed by atoms with Gasteiger partial charge in [0.2, 0.25) is 5.91 Å². The van der Waals surface area contributed by atoms with Crippen LogP contribution in [0.3, 0.4) is 0 Å². The SMILES string of the molecule is CC(CN1CCOCC1)NC(=O)C1NCCCC1C. The summed E-state index contributed by atoms with van der Waals surface area (Å²) in [7, 11) is 0. The van der Waals surface area contributed by atoms with Crippen LogP contribution in [-0.4, -0.2) is 62.3 Å². The first-order valence-corrected chi connectivity index (χ1v) is 7.50. The van der Waals surface area contributed by atoms with Crippen molar-refractivity contribution in [3.05, 3.63) is 0 Å². The lowest BCUT2D eigenvalue weighted by Gasteiger charge is -2.32. The van der Waals surface area contributed by atoms with Gasteiger partial charge < -0.3 is 15.4 Å². The fourth-order valence-corrected chi connectivity index (χ4v) is 2.95. The van der Waals surface area contributed by atoms with Crippen molar-refractivity contribution in [1.29, 1.82) is 0 Å². The van der Waals surface area contributed by atoms with E-state index in [1.165, 1.54) is 6.42 Å². The lowest BCUT2D eigenvalue weighted by molar-refractivity contribution is -0.125. The Morgan fingerprint density at radius 1 is 1.47 bits per heavy atom. The summed E-state index contributed by atoms with van der Waals surface area (Å²) in [6.45, 7) is 9.67. The van der Waals surface area contributed by atoms with Gasteiger partial charge in [-0.1, -0.05) is 6.92 Å². The Balaban J connectivity index is 1.74. The highest BCUT2D eigenvalue weighted by molar-refractivity contribution is 5.82. The highest BCUT2D eigenvalue weighted by atomic mass is 16.5. The molecule has 0 bridgehead atoms. The molecule has 0 aromatic rings. The molecule has 0 aromatic heterocycles. The molecule has 2 N–H and O–H groups in total. The largest absolute Gasteiger partial charge is 0.379 e. The summed E-state index contributed by atoms with van der Waals surface area (Å²) in [5, 5.41) is 6.48. The summed E-state index contributed by atoms with van der Waals surface area (Å²) in [5.74, 6) is 0.595. The molecule has 0 aliphatic carbocycles. The van der Waals surface area contributed by atoms with Crippen molar-refractivity contribution in [3.63, 3.8) is 0 Å². The molecule has 2 saturated heterocycles. The quantitative estimate of drug-likeness (QED) is 0.766. The van der Waals surface area contributed by atoms with E-state index < -0.39 is 0 Å². The van der Waals surface area contributed by atoms with Crippen LogP contribution >= 0.6 is 0 Å². The average molecular weight is 269 g/mol. The number of morpholine rings is 1. The molecule has 110 valence electrons. The molecule has 2 heterocycles. The molecular weight excluding hydrogens is 242 g/mol. The van der Waals surface area contributed by atoms with Crippen LogP contribution in [0.1, 0.15) is 26.7 Å². The van der Waals surface area contributed by atoms with Gasteiger partial charge in [0.05, 0.1) is 19.3 Å². The zero-order valence-electron chi connectivity index (χ0n) is 12.2. The first-order valence-electron chi connectivity index (χ1n) is 7.50. The normalized spacial score (nSPS) is 30.8. The van der Waals surface area contributed by atoms with Gasteiger partial charge in [0.1, 0.15) is 0 Å². The van der Waals surface area contributed by atoms with Crippen LogP contribution < -0.4 is 10.6 Å². The fraction of sp³-hybridized carbons (Fsp3) is 0.929. The Hall–Kier alpha value is -0.650. The predicted molar refractivity (Wildman–Crippen MR) is 75.1 cm³/mol. The minimum Gasteiger partial charge on any atom is -0.379 e. The number of hydrogen-bond acceptors (Lipinski definition) is 4. The monoisotopic (exact) mass is 269 g/mol. The third kappa shape index (κ3) is 4.44. The lowest BCUT2D eigenvalue weighted by Crippen LogP contribution is -2.54. The Kier molecular flexibility index (Phi) is 5.60. The number of nitrogens with zero attached hydrogens (tertiary/aromatic N) is 1. The Bertz CT molecular complexity index is 292. The van der Waals surface area contributed by atoms with Gasteiger partial charge in [-0.05, 0) is 32.2 Å².